The second-order valence-corrected chi connectivity index (χ2v) is 15.6. The number of hydrogen-bond acceptors (Lipinski definition) is 1. The largest absolute Gasteiger partial charge is 0.359 e. The first-order valence-electron chi connectivity index (χ1n) is 3.62. The van der Waals surface area contributed by atoms with Gasteiger partial charge in [-0.3, -0.25) is 0 Å². The molecule has 0 heterocycles. The van der Waals surface area contributed by atoms with E-state index in [0.717, 1.165) is 4.95 Å². The summed E-state index contributed by atoms with van der Waals surface area (Å²) < 4.78 is 3.78. The Labute approximate surface area is 74.9 Å². The summed E-state index contributed by atoms with van der Waals surface area (Å²) in [6.45, 7) is 11.8. The zero-order valence-corrected chi connectivity index (χ0v) is 11.2. The standard InChI is InChI=1S/C6H18BrNSi2/c1-9(2,3)8-10(4,5)6-7/h8H,6H2,1-5H3. The maximum absolute atomic E-state index is 3.78. The van der Waals surface area contributed by atoms with E-state index in [0.29, 0.717) is 0 Å². The lowest BCUT2D eigenvalue weighted by molar-refractivity contribution is 1.30. The van der Waals surface area contributed by atoms with Crippen molar-refractivity contribution in [2.75, 3.05) is 4.95 Å². The molecule has 0 saturated carbocycles. The molecule has 0 aromatic rings. The van der Waals surface area contributed by atoms with Crippen LogP contribution in [0.2, 0.25) is 32.7 Å². The van der Waals surface area contributed by atoms with Gasteiger partial charge in [0, 0.05) is 4.95 Å². The van der Waals surface area contributed by atoms with E-state index in [1.54, 1.807) is 0 Å². The molecular formula is C6H18BrNSi2. The van der Waals surface area contributed by atoms with Crippen molar-refractivity contribution in [2.24, 2.45) is 0 Å². The minimum Gasteiger partial charge on any atom is -0.359 e. The fraction of sp³-hybridized carbons (Fsp3) is 1.00. The first kappa shape index (κ1) is 10.9. The van der Waals surface area contributed by atoms with E-state index in [1.807, 2.05) is 0 Å². The Morgan fingerprint density at radius 3 is 1.60 bits per heavy atom. The molecule has 0 atom stereocenters. The van der Waals surface area contributed by atoms with Crippen molar-refractivity contribution in [2.45, 2.75) is 32.7 Å². The van der Waals surface area contributed by atoms with Crippen molar-refractivity contribution >= 4 is 32.4 Å². The van der Waals surface area contributed by atoms with E-state index in [2.05, 4.69) is 53.3 Å². The predicted octanol–water partition coefficient (Wildman–Crippen LogP) is 2.55. The zero-order valence-electron chi connectivity index (χ0n) is 7.59. The Balaban J connectivity index is 3.89. The molecule has 0 saturated heterocycles. The van der Waals surface area contributed by atoms with Crippen molar-refractivity contribution in [3.05, 3.63) is 0 Å². The first-order chi connectivity index (χ1) is 4.27. The minimum atomic E-state index is -1.08. The molecule has 0 fully saturated rings. The average Bonchev–Trinajstić information content (AvgIpc) is 1.60. The van der Waals surface area contributed by atoms with Crippen LogP contribution in [0.25, 0.3) is 0 Å². The summed E-state index contributed by atoms with van der Waals surface area (Å²) in [5.41, 5.74) is 0. The van der Waals surface area contributed by atoms with Gasteiger partial charge in [-0.2, -0.15) is 0 Å². The van der Waals surface area contributed by atoms with Crippen LogP contribution < -0.4 is 4.65 Å². The summed E-state index contributed by atoms with van der Waals surface area (Å²) in [7, 11) is -2.12. The highest BCUT2D eigenvalue weighted by atomic mass is 79.9. The average molecular weight is 240 g/mol. The van der Waals surface area contributed by atoms with Gasteiger partial charge in [-0.1, -0.05) is 48.7 Å². The van der Waals surface area contributed by atoms with Crippen LogP contribution >= 0.6 is 15.9 Å². The molecule has 0 aliphatic carbocycles. The second-order valence-electron chi connectivity index (χ2n) is 4.39. The van der Waals surface area contributed by atoms with Gasteiger partial charge in [0.1, 0.15) is 16.5 Å². The molecule has 0 rings (SSSR count). The van der Waals surface area contributed by atoms with Gasteiger partial charge in [-0.25, -0.2) is 0 Å². The summed E-state index contributed by atoms with van der Waals surface area (Å²) in [5, 5.41) is 0. The fourth-order valence-corrected chi connectivity index (χ4v) is 10.7. The summed E-state index contributed by atoms with van der Waals surface area (Å²) >= 11 is 3.54. The summed E-state index contributed by atoms with van der Waals surface area (Å²) in [4.78, 5) is 1.16. The normalized spacial score (nSPS) is 13.8. The highest BCUT2D eigenvalue weighted by Gasteiger charge is 2.25. The molecule has 0 aromatic carbocycles. The van der Waals surface area contributed by atoms with Gasteiger partial charge in [0.05, 0.1) is 0 Å². The van der Waals surface area contributed by atoms with E-state index in [1.165, 1.54) is 0 Å². The summed E-state index contributed by atoms with van der Waals surface area (Å²) in [6.07, 6.45) is 0. The van der Waals surface area contributed by atoms with Gasteiger partial charge in [-0.15, -0.1) is 0 Å². The van der Waals surface area contributed by atoms with Crippen molar-refractivity contribution < 1.29 is 0 Å². The molecule has 1 N–H and O–H groups in total. The van der Waals surface area contributed by atoms with Gasteiger partial charge < -0.3 is 4.65 Å². The third-order valence-electron chi connectivity index (χ3n) is 1.05. The molecule has 0 bridgehead atoms. The van der Waals surface area contributed by atoms with E-state index in [4.69, 9.17) is 0 Å². The van der Waals surface area contributed by atoms with E-state index in [-0.39, 0.29) is 0 Å². The molecule has 1 nitrogen and oxygen atoms in total. The Bertz CT molecular complexity index is 109. The van der Waals surface area contributed by atoms with Crippen LogP contribution in [-0.4, -0.2) is 21.4 Å². The molecule has 0 amide bonds. The Kier molecular flexibility index (Phi) is 3.82. The SMILES string of the molecule is C[Si](C)(C)N[Si](C)(C)CBr. The monoisotopic (exact) mass is 239 g/mol. The molecular weight excluding hydrogens is 222 g/mol. The summed E-state index contributed by atoms with van der Waals surface area (Å²) in [6, 6.07) is 0. The number of hydrogen-bond donors (Lipinski definition) is 1. The van der Waals surface area contributed by atoms with Crippen molar-refractivity contribution in [3.63, 3.8) is 0 Å². The first-order valence-corrected chi connectivity index (χ1v) is 11.4. The van der Waals surface area contributed by atoms with Gasteiger partial charge in [0.25, 0.3) is 0 Å². The number of rotatable bonds is 3. The van der Waals surface area contributed by atoms with E-state index < -0.39 is 16.5 Å². The van der Waals surface area contributed by atoms with Crippen molar-refractivity contribution in [1.82, 2.24) is 4.65 Å². The molecule has 0 aliphatic rings. The predicted molar refractivity (Wildman–Crippen MR) is 57.8 cm³/mol. The van der Waals surface area contributed by atoms with E-state index in [9.17, 15) is 0 Å². The van der Waals surface area contributed by atoms with Crippen molar-refractivity contribution in [3.8, 4) is 0 Å². The molecule has 0 unspecified atom stereocenters. The van der Waals surface area contributed by atoms with Crippen LogP contribution in [0.15, 0.2) is 0 Å². The molecule has 0 aliphatic heterocycles. The number of alkyl halides is 1. The van der Waals surface area contributed by atoms with Crippen LogP contribution in [0.3, 0.4) is 0 Å². The molecule has 0 radical (unpaired) electrons. The van der Waals surface area contributed by atoms with Gasteiger partial charge in [0.15, 0.2) is 0 Å². The molecule has 0 aromatic heterocycles. The van der Waals surface area contributed by atoms with Crippen LogP contribution in [-0.2, 0) is 0 Å². The van der Waals surface area contributed by atoms with Crippen LogP contribution in [0, 0.1) is 0 Å². The van der Waals surface area contributed by atoms with Crippen LogP contribution in [0.5, 0.6) is 0 Å². The van der Waals surface area contributed by atoms with Gasteiger partial charge in [-0.05, 0) is 0 Å². The zero-order chi connectivity index (χ0) is 8.41. The molecule has 62 valence electrons. The highest BCUT2D eigenvalue weighted by Crippen LogP contribution is 2.06. The van der Waals surface area contributed by atoms with Gasteiger partial charge in [0.2, 0.25) is 0 Å². The third kappa shape index (κ3) is 5.64. The lowest BCUT2D eigenvalue weighted by atomic mass is 11.8. The Morgan fingerprint density at radius 1 is 1.10 bits per heavy atom. The topological polar surface area (TPSA) is 12.0 Å². The second kappa shape index (κ2) is 3.51. The molecule has 0 spiro atoms. The van der Waals surface area contributed by atoms with Gasteiger partial charge >= 0.3 is 0 Å². The van der Waals surface area contributed by atoms with Crippen molar-refractivity contribution in [1.29, 1.82) is 0 Å². The highest BCUT2D eigenvalue weighted by molar-refractivity contribution is 9.09. The Morgan fingerprint density at radius 2 is 1.50 bits per heavy atom. The number of halogens is 1. The van der Waals surface area contributed by atoms with Crippen LogP contribution in [0.4, 0.5) is 0 Å². The van der Waals surface area contributed by atoms with Crippen LogP contribution in [0.1, 0.15) is 0 Å². The van der Waals surface area contributed by atoms with E-state index >= 15 is 0 Å². The third-order valence-corrected chi connectivity index (χ3v) is 11.6. The maximum Gasteiger partial charge on any atom is 0.123 e. The minimum absolute atomic E-state index is 1.03. The fourth-order valence-electron chi connectivity index (χ4n) is 1.05. The Hall–Kier alpha value is 0.874. The lowest BCUT2D eigenvalue weighted by Crippen LogP contribution is -2.58. The smallest absolute Gasteiger partial charge is 0.123 e. The summed E-state index contributed by atoms with van der Waals surface area (Å²) in [5.74, 6) is 0. The molecule has 10 heavy (non-hydrogen) atoms. The maximum atomic E-state index is 3.78. The quantitative estimate of drug-likeness (QED) is 0.590. The number of nitrogens with one attached hydrogen (secondary N) is 1. The lowest BCUT2D eigenvalue weighted by Gasteiger charge is -2.30. The molecule has 4 heteroatoms.